The highest BCUT2D eigenvalue weighted by Gasteiger charge is 2.18. The van der Waals surface area contributed by atoms with Gasteiger partial charge in [0.05, 0.1) is 0 Å². The third-order valence-electron chi connectivity index (χ3n) is 3.70. The van der Waals surface area contributed by atoms with Crippen LogP contribution in [0.15, 0.2) is 0 Å². The molecule has 19 heavy (non-hydrogen) atoms. The summed E-state index contributed by atoms with van der Waals surface area (Å²) in [4.78, 5) is 11.1. The molecule has 5 heteroatoms. The Morgan fingerprint density at radius 3 is 2.89 bits per heavy atom. The summed E-state index contributed by atoms with van der Waals surface area (Å²) in [7, 11) is 2.19. The van der Waals surface area contributed by atoms with Crippen LogP contribution >= 0.6 is 11.6 Å². The van der Waals surface area contributed by atoms with Gasteiger partial charge in [0.15, 0.2) is 0 Å². The average Bonchev–Trinajstić information content (AvgIpc) is 2.36. The predicted molar refractivity (Wildman–Crippen MR) is 79.9 cm³/mol. The van der Waals surface area contributed by atoms with Crippen LogP contribution in [0.3, 0.4) is 0 Å². The number of nitrogens with one attached hydrogen (secondary N) is 1. The van der Waals surface area contributed by atoms with Gasteiger partial charge in [0.1, 0.15) is 16.8 Å². The normalized spacial score (nSPS) is 20.5. The minimum atomic E-state index is 0.582. The van der Waals surface area contributed by atoms with E-state index in [4.69, 9.17) is 11.6 Å². The largest absolute Gasteiger partial charge is 0.369 e. The Kier molecular flexibility index (Phi) is 4.99. The van der Waals surface area contributed by atoms with E-state index in [0.29, 0.717) is 11.1 Å². The van der Waals surface area contributed by atoms with Gasteiger partial charge < -0.3 is 10.2 Å². The zero-order chi connectivity index (χ0) is 13.8. The standard InChI is InChI=1S/C14H23ClN4/c1-4-12-13(15)17-10(2)18-14(12)16-8-11-6-5-7-19(3)9-11/h11H,4-9H2,1-3H3,(H,16,17,18). The molecule has 2 rings (SSSR count). The minimum Gasteiger partial charge on any atom is -0.369 e. The maximum absolute atomic E-state index is 6.18. The van der Waals surface area contributed by atoms with Gasteiger partial charge in [-0.15, -0.1) is 0 Å². The van der Waals surface area contributed by atoms with Crippen LogP contribution in [0, 0.1) is 12.8 Å². The van der Waals surface area contributed by atoms with E-state index in [2.05, 4.69) is 34.2 Å². The summed E-state index contributed by atoms with van der Waals surface area (Å²) in [6.07, 6.45) is 3.43. The van der Waals surface area contributed by atoms with Crippen molar-refractivity contribution in [3.8, 4) is 0 Å². The SMILES string of the molecule is CCc1c(Cl)nc(C)nc1NCC1CCCN(C)C1. The predicted octanol–water partition coefficient (Wildman–Crippen LogP) is 2.75. The van der Waals surface area contributed by atoms with Gasteiger partial charge in [-0.25, -0.2) is 9.97 Å². The Hall–Kier alpha value is -0.870. The topological polar surface area (TPSA) is 41.1 Å². The van der Waals surface area contributed by atoms with E-state index in [0.717, 1.165) is 36.7 Å². The maximum atomic E-state index is 6.18. The van der Waals surface area contributed by atoms with Crippen molar-refractivity contribution in [1.29, 1.82) is 0 Å². The Labute approximate surface area is 120 Å². The molecule has 1 fully saturated rings. The number of aryl methyl sites for hydroxylation is 1. The number of piperidine rings is 1. The first-order valence-corrected chi connectivity index (χ1v) is 7.43. The molecule has 1 aromatic rings. The van der Waals surface area contributed by atoms with Crippen LogP contribution in [0.2, 0.25) is 5.15 Å². The smallest absolute Gasteiger partial charge is 0.138 e. The fourth-order valence-electron chi connectivity index (χ4n) is 2.70. The summed E-state index contributed by atoms with van der Waals surface area (Å²) < 4.78 is 0. The van der Waals surface area contributed by atoms with Crippen molar-refractivity contribution >= 4 is 17.4 Å². The van der Waals surface area contributed by atoms with Crippen molar-refractivity contribution in [2.24, 2.45) is 5.92 Å². The third kappa shape index (κ3) is 3.80. The van der Waals surface area contributed by atoms with E-state index in [-0.39, 0.29) is 0 Å². The zero-order valence-corrected chi connectivity index (χ0v) is 12.8. The minimum absolute atomic E-state index is 0.582. The second-order valence-corrected chi connectivity index (χ2v) is 5.75. The number of halogens is 1. The second-order valence-electron chi connectivity index (χ2n) is 5.39. The molecule has 0 aliphatic carbocycles. The molecule has 0 aromatic carbocycles. The molecule has 2 heterocycles. The van der Waals surface area contributed by atoms with Crippen molar-refractivity contribution in [2.75, 3.05) is 32.0 Å². The van der Waals surface area contributed by atoms with E-state index >= 15 is 0 Å². The van der Waals surface area contributed by atoms with Gasteiger partial charge >= 0.3 is 0 Å². The van der Waals surface area contributed by atoms with Gasteiger partial charge in [0.25, 0.3) is 0 Å². The molecule has 0 amide bonds. The van der Waals surface area contributed by atoms with Crippen molar-refractivity contribution in [2.45, 2.75) is 33.1 Å². The molecule has 1 aliphatic heterocycles. The first-order valence-electron chi connectivity index (χ1n) is 7.05. The fourth-order valence-corrected chi connectivity index (χ4v) is 3.05. The molecule has 1 atom stereocenters. The lowest BCUT2D eigenvalue weighted by Gasteiger charge is -2.30. The molecule has 1 aromatic heterocycles. The Bertz CT molecular complexity index is 436. The van der Waals surface area contributed by atoms with Crippen LogP contribution < -0.4 is 5.32 Å². The fraction of sp³-hybridized carbons (Fsp3) is 0.714. The van der Waals surface area contributed by atoms with Gasteiger partial charge in [0.2, 0.25) is 0 Å². The molecule has 1 N–H and O–H groups in total. The van der Waals surface area contributed by atoms with Gasteiger partial charge in [-0.1, -0.05) is 18.5 Å². The van der Waals surface area contributed by atoms with E-state index in [1.807, 2.05) is 6.92 Å². The number of nitrogens with zero attached hydrogens (tertiary/aromatic N) is 3. The molecule has 0 radical (unpaired) electrons. The molecule has 1 unspecified atom stereocenters. The molecular formula is C14H23ClN4. The van der Waals surface area contributed by atoms with Crippen molar-refractivity contribution < 1.29 is 0 Å². The number of hydrogen-bond donors (Lipinski definition) is 1. The molecule has 1 aliphatic rings. The van der Waals surface area contributed by atoms with Crippen LogP contribution in [0.1, 0.15) is 31.2 Å². The van der Waals surface area contributed by atoms with Crippen LogP contribution in [0.4, 0.5) is 5.82 Å². The quantitative estimate of drug-likeness (QED) is 0.862. The van der Waals surface area contributed by atoms with Crippen LogP contribution in [0.25, 0.3) is 0 Å². The van der Waals surface area contributed by atoms with Gasteiger partial charge in [-0.2, -0.15) is 0 Å². The first kappa shape index (κ1) is 14.5. The summed E-state index contributed by atoms with van der Waals surface area (Å²) in [6.45, 7) is 7.30. The van der Waals surface area contributed by atoms with Crippen molar-refractivity contribution in [1.82, 2.24) is 14.9 Å². The van der Waals surface area contributed by atoms with Gasteiger partial charge in [0, 0.05) is 18.7 Å². The number of anilines is 1. The third-order valence-corrected chi connectivity index (χ3v) is 4.01. The van der Waals surface area contributed by atoms with Gasteiger partial charge in [-0.3, -0.25) is 0 Å². The number of rotatable bonds is 4. The van der Waals surface area contributed by atoms with E-state index < -0.39 is 0 Å². The Morgan fingerprint density at radius 1 is 1.42 bits per heavy atom. The number of hydrogen-bond acceptors (Lipinski definition) is 4. The van der Waals surface area contributed by atoms with E-state index in [1.54, 1.807) is 0 Å². The summed E-state index contributed by atoms with van der Waals surface area (Å²) in [5, 5.41) is 4.06. The van der Waals surface area contributed by atoms with Crippen molar-refractivity contribution in [3.05, 3.63) is 16.5 Å². The van der Waals surface area contributed by atoms with E-state index in [1.165, 1.54) is 19.4 Å². The van der Waals surface area contributed by atoms with Crippen molar-refractivity contribution in [3.63, 3.8) is 0 Å². The number of aromatic nitrogens is 2. The summed E-state index contributed by atoms with van der Waals surface area (Å²) >= 11 is 6.18. The molecule has 1 saturated heterocycles. The molecule has 0 saturated carbocycles. The molecular weight excluding hydrogens is 260 g/mol. The van der Waals surface area contributed by atoms with E-state index in [9.17, 15) is 0 Å². The molecule has 0 spiro atoms. The monoisotopic (exact) mass is 282 g/mol. The lowest BCUT2D eigenvalue weighted by atomic mass is 9.98. The highest BCUT2D eigenvalue weighted by atomic mass is 35.5. The highest BCUT2D eigenvalue weighted by molar-refractivity contribution is 6.30. The molecule has 106 valence electrons. The Morgan fingerprint density at radius 2 is 2.21 bits per heavy atom. The summed E-state index contributed by atoms with van der Waals surface area (Å²) in [5.41, 5.74) is 1.02. The second kappa shape index (κ2) is 6.53. The maximum Gasteiger partial charge on any atom is 0.138 e. The summed E-state index contributed by atoms with van der Waals surface area (Å²) in [5.74, 6) is 2.33. The van der Waals surface area contributed by atoms with Crippen LogP contribution in [-0.2, 0) is 6.42 Å². The van der Waals surface area contributed by atoms with Crippen LogP contribution in [-0.4, -0.2) is 41.5 Å². The lowest BCUT2D eigenvalue weighted by Crippen LogP contribution is -2.35. The summed E-state index contributed by atoms with van der Waals surface area (Å²) in [6, 6.07) is 0. The Balaban J connectivity index is 2.02. The average molecular weight is 283 g/mol. The van der Waals surface area contributed by atoms with Crippen LogP contribution in [0.5, 0.6) is 0 Å². The van der Waals surface area contributed by atoms with Gasteiger partial charge in [-0.05, 0) is 45.7 Å². The molecule has 0 bridgehead atoms. The number of likely N-dealkylation sites (tertiary alicyclic amines) is 1. The first-order chi connectivity index (χ1) is 9.10. The lowest BCUT2D eigenvalue weighted by molar-refractivity contribution is 0.217. The molecule has 4 nitrogen and oxygen atoms in total. The zero-order valence-electron chi connectivity index (χ0n) is 12.0. The highest BCUT2D eigenvalue weighted by Crippen LogP contribution is 2.23.